The third-order valence-electron chi connectivity index (χ3n) is 3.88. The highest BCUT2D eigenvalue weighted by Crippen LogP contribution is 2.27. The summed E-state index contributed by atoms with van der Waals surface area (Å²) in [6, 6.07) is 2.61. The van der Waals surface area contributed by atoms with Crippen molar-refractivity contribution in [2.75, 3.05) is 0 Å². The number of piperidine rings is 1. The second kappa shape index (κ2) is 5.27. The lowest BCUT2D eigenvalue weighted by molar-refractivity contribution is -0.384. The van der Waals surface area contributed by atoms with Crippen molar-refractivity contribution >= 4 is 29.3 Å². The fourth-order valence-corrected chi connectivity index (χ4v) is 2.78. The summed E-state index contributed by atoms with van der Waals surface area (Å²) in [6.45, 7) is 0. The fourth-order valence-electron chi connectivity index (χ4n) is 2.78. The molecule has 1 aromatic rings. The summed E-state index contributed by atoms with van der Waals surface area (Å²) in [5.41, 5.74) is 0.205. The van der Waals surface area contributed by atoms with E-state index in [-0.39, 0.29) is 36.1 Å². The van der Waals surface area contributed by atoms with Crippen LogP contribution in [0.3, 0.4) is 0 Å². The third-order valence-corrected chi connectivity index (χ3v) is 3.88. The molecule has 1 aromatic carbocycles. The Morgan fingerprint density at radius 2 is 1.96 bits per heavy atom. The molecule has 23 heavy (non-hydrogen) atoms. The smallest absolute Gasteiger partial charge is 0.269 e. The number of carbonyl (C=O) groups is 4. The molecule has 1 fully saturated rings. The number of rotatable bonds is 2. The van der Waals surface area contributed by atoms with Crippen molar-refractivity contribution in [2.45, 2.75) is 25.3 Å². The van der Waals surface area contributed by atoms with Gasteiger partial charge in [-0.3, -0.25) is 39.5 Å². The van der Waals surface area contributed by atoms with Gasteiger partial charge in [-0.25, -0.2) is 0 Å². The van der Waals surface area contributed by atoms with Gasteiger partial charge in [0.1, 0.15) is 6.04 Å². The quantitative estimate of drug-likeness (QED) is 0.462. The lowest BCUT2D eigenvalue weighted by Gasteiger charge is -2.34. The first kappa shape index (κ1) is 14.8. The molecule has 2 heterocycles. The maximum Gasteiger partial charge on any atom is 0.269 e. The SMILES string of the molecule is O=C1CCC(N2C(=O)Cc3cc([N+](=O)[O-])ccc3C2=O)C(=O)N1. The lowest BCUT2D eigenvalue weighted by atomic mass is 9.94. The summed E-state index contributed by atoms with van der Waals surface area (Å²) in [5, 5.41) is 12.9. The zero-order valence-corrected chi connectivity index (χ0v) is 11.8. The van der Waals surface area contributed by atoms with Crippen LogP contribution in [0.2, 0.25) is 0 Å². The van der Waals surface area contributed by atoms with Gasteiger partial charge in [-0.1, -0.05) is 0 Å². The van der Waals surface area contributed by atoms with Crippen LogP contribution in [0.4, 0.5) is 5.69 Å². The van der Waals surface area contributed by atoms with Gasteiger partial charge in [0.25, 0.3) is 11.6 Å². The van der Waals surface area contributed by atoms with E-state index in [0.29, 0.717) is 0 Å². The number of nitrogens with one attached hydrogen (secondary N) is 1. The Kier molecular flexibility index (Phi) is 3.40. The molecular formula is C14H11N3O6. The predicted molar refractivity (Wildman–Crippen MR) is 74.1 cm³/mol. The van der Waals surface area contributed by atoms with Crippen LogP contribution in [0.25, 0.3) is 0 Å². The van der Waals surface area contributed by atoms with Crippen molar-refractivity contribution in [1.29, 1.82) is 0 Å². The monoisotopic (exact) mass is 317 g/mol. The molecule has 118 valence electrons. The molecule has 1 N–H and O–H groups in total. The second-order valence-corrected chi connectivity index (χ2v) is 5.31. The number of non-ortho nitro benzene ring substituents is 1. The molecule has 4 amide bonds. The summed E-state index contributed by atoms with van der Waals surface area (Å²) >= 11 is 0. The van der Waals surface area contributed by atoms with Gasteiger partial charge in [0.05, 0.1) is 11.3 Å². The lowest BCUT2D eigenvalue weighted by Crippen LogP contribution is -2.57. The molecule has 0 aliphatic carbocycles. The number of nitro benzene ring substituents is 1. The van der Waals surface area contributed by atoms with Crippen molar-refractivity contribution in [3.63, 3.8) is 0 Å². The summed E-state index contributed by atoms with van der Waals surface area (Å²) in [4.78, 5) is 58.8. The number of hydrogen-bond acceptors (Lipinski definition) is 6. The molecule has 0 bridgehead atoms. The molecule has 1 unspecified atom stereocenters. The predicted octanol–water partition coefficient (Wildman–Crippen LogP) is -0.0751. The minimum Gasteiger partial charge on any atom is -0.295 e. The van der Waals surface area contributed by atoms with E-state index in [4.69, 9.17) is 0 Å². The highest BCUT2D eigenvalue weighted by molar-refractivity contribution is 6.13. The molecule has 2 aliphatic rings. The number of amides is 4. The molecular weight excluding hydrogens is 306 g/mol. The number of nitrogens with zero attached hydrogens (tertiary/aromatic N) is 2. The Balaban J connectivity index is 1.95. The van der Waals surface area contributed by atoms with Crippen molar-refractivity contribution in [2.24, 2.45) is 0 Å². The van der Waals surface area contributed by atoms with Crippen LogP contribution < -0.4 is 5.32 Å². The Labute approximate surface area is 129 Å². The van der Waals surface area contributed by atoms with Crippen molar-refractivity contribution in [1.82, 2.24) is 10.2 Å². The van der Waals surface area contributed by atoms with E-state index >= 15 is 0 Å². The van der Waals surface area contributed by atoms with Gasteiger partial charge >= 0.3 is 0 Å². The van der Waals surface area contributed by atoms with Gasteiger partial charge < -0.3 is 0 Å². The van der Waals surface area contributed by atoms with Gasteiger partial charge in [0, 0.05) is 24.1 Å². The van der Waals surface area contributed by atoms with Gasteiger partial charge in [-0.15, -0.1) is 0 Å². The van der Waals surface area contributed by atoms with Crippen LogP contribution in [0.5, 0.6) is 0 Å². The number of hydrogen-bond donors (Lipinski definition) is 1. The standard InChI is InChI=1S/C14H11N3O6/c18-11-4-3-10(13(20)15-11)16-12(19)6-7-5-8(17(22)23)1-2-9(7)14(16)21/h1-2,5,10H,3-4,6H2,(H,15,18,20). The van der Waals surface area contributed by atoms with Gasteiger partial charge in [-0.2, -0.15) is 0 Å². The Bertz CT molecular complexity index is 772. The van der Waals surface area contributed by atoms with Gasteiger partial charge in [-0.05, 0) is 18.1 Å². The molecule has 0 aromatic heterocycles. The molecule has 0 spiro atoms. The van der Waals surface area contributed by atoms with E-state index in [1.807, 2.05) is 0 Å². The fraction of sp³-hybridized carbons (Fsp3) is 0.286. The van der Waals surface area contributed by atoms with E-state index < -0.39 is 34.6 Å². The normalized spacial score (nSPS) is 21.0. The van der Waals surface area contributed by atoms with Crippen LogP contribution in [-0.4, -0.2) is 39.5 Å². The molecule has 0 saturated carbocycles. The Morgan fingerprint density at radius 1 is 1.22 bits per heavy atom. The van der Waals surface area contributed by atoms with Crippen LogP contribution in [0.15, 0.2) is 18.2 Å². The highest BCUT2D eigenvalue weighted by atomic mass is 16.6. The first-order chi connectivity index (χ1) is 10.9. The first-order valence-corrected chi connectivity index (χ1v) is 6.86. The molecule has 1 atom stereocenters. The van der Waals surface area contributed by atoms with E-state index in [2.05, 4.69) is 5.32 Å². The average Bonchev–Trinajstić information content (AvgIpc) is 2.48. The van der Waals surface area contributed by atoms with Crippen LogP contribution in [-0.2, 0) is 20.8 Å². The zero-order chi connectivity index (χ0) is 16.7. The van der Waals surface area contributed by atoms with E-state index in [9.17, 15) is 29.3 Å². The Hall–Kier alpha value is -3.10. The summed E-state index contributed by atoms with van der Waals surface area (Å²) in [7, 11) is 0. The summed E-state index contributed by atoms with van der Waals surface area (Å²) in [6.07, 6.45) is -0.0917. The van der Waals surface area contributed by atoms with E-state index in [1.165, 1.54) is 18.2 Å². The Morgan fingerprint density at radius 3 is 2.61 bits per heavy atom. The third kappa shape index (κ3) is 2.45. The topological polar surface area (TPSA) is 127 Å². The molecule has 1 saturated heterocycles. The van der Waals surface area contributed by atoms with Crippen molar-refractivity contribution in [3.05, 3.63) is 39.4 Å². The summed E-state index contributed by atoms with van der Waals surface area (Å²) < 4.78 is 0. The summed E-state index contributed by atoms with van der Waals surface area (Å²) in [5.74, 6) is -2.43. The maximum absolute atomic E-state index is 12.5. The average molecular weight is 317 g/mol. The molecule has 2 aliphatic heterocycles. The molecule has 0 radical (unpaired) electrons. The molecule has 9 heteroatoms. The number of imide groups is 2. The minimum atomic E-state index is -1.03. The van der Waals surface area contributed by atoms with Crippen molar-refractivity contribution < 1.29 is 24.1 Å². The van der Waals surface area contributed by atoms with Crippen molar-refractivity contribution in [3.8, 4) is 0 Å². The number of benzene rings is 1. The largest absolute Gasteiger partial charge is 0.295 e. The van der Waals surface area contributed by atoms with Crippen LogP contribution in [0, 0.1) is 10.1 Å². The number of fused-ring (bicyclic) bond motifs is 1. The minimum absolute atomic E-state index is 0.0422. The van der Waals surface area contributed by atoms with E-state index in [1.54, 1.807) is 0 Å². The first-order valence-electron chi connectivity index (χ1n) is 6.86. The maximum atomic E-state index is 12.5. The number of carbonyl (C=O) groups excluding carboxylic acids is 4. The second-order valence-electron chi connectivity index (χ2n) is 5.31. The molecule has 3 rings (SSSR count). The molecule has 9 nitrogen and oxygen atoms in total. The van der Waals surface area contributed by atoms with Gasteiger partial charge in [0.2, 0.25) is 17.7 Å². The number of nitro groups is 1. The van der Waals surface area contributed by atoms with E-state index in [0.717, 1.165) is 4.90 Å². The highest BCUT2D eigenvalue weighted by Gasteiger charge is 2.41. The van der Waals surface area contributed by atoms with Crippen LogP contribution >= 0.6 is 0 Å². The van der Waals surface area contributed by atoms with Crippen LogP contribution in [0.1, 0.15) is 28.8 Å². The zero-order valence-electron chi connectivity index (χ0n) is 11.8. The van der Waals surface area contributed by atoms with Gasteiger partial charge in [0.15, 0.2) is 0 Å².